The van der Waals surface area contributed by atoms with Crippen LogP contribution in [0.25, 0.3) is 0 Å². The summed E-state index contributed by atoms with van der Waals surface area (Å²) in [7, 11) is 0. The van der Waals surface area contributed by atoms with Crippen LogP contribution in [-0.4, -0.2) is 176 Å². The highest BCUT2D eigenvalue weighted by Crippen LogP contribution is 2.02. The molecule has 0 spiro atoms. The van der Waals surface area contributed by atoms with Crippen LogP contribution in [0.4, 0.5) is 0 Å². The predicted molar refractivity (Wildman–Crippen MR) is 193 cm³/mol. The van der Waals surface area contributed by atoms with Crippen molar-refractivity contribution in [2.24, 2.45) is 0 Å². The molecule has 0 aliphatic carbocycles. The molecule has 0 aromatic carbocycles. The molecule has 0 aliphatic heterocycles. The maximum Gasteiger partial charge on any atom is 0.0701 e. The van der Waals surface area contributed by atoms with E-state index in [1.54, 1.807) is 0 Å². The lowest BCUT2D eigenvalue weighted by molar-refractivity contribution is -0.0290. The van der Waals surface area contributed by atoms with Gasteiger partial charge in [-0.25, -0.2) is 0 Å². The second-order valence-electron chi connectivity index (χ2n) is 10.4. The minimum absolute atomic E-state index is 0.517. The highest BCUT2D eigenvalue weighted by molar-refractivity contribution is 14.1. The Balaban J connectivity index is 3.04. The van der Waals surface area contributed by atoms with E-state index < -0.39 is 0 Å². The molecule has 0 saturated heterocycles. The third-order valence-corrected chi connectivity index (χ3v) is 7.04. The van der Waals surface area contributed by atoms with Gasteiger partial charge in [-0.1, -0.05) is 48.8 Å². The molecule has 14 heteroatoms. The molecule has 0 aliphatic rings. The van der Waals surface area contributed by atoms with Crippen molar-refractivity contribution in [1.82, 2.24) is 0 Å². The molecule has 0 aromatic heterocycles. The number of hydrogen-bond acceptors (Lipinski definition) is 13. The Bertz CT molecular complexity index is 509. The Labute approximate surface area is 305 Å². The fourth-order valence-corrected chi connectivity index (χ4v) is 4.18. The second-order valence-corrected chi connectivity index (χ2v) is 11.5. The zero-order valence-electron chi connectivity index (χ0n) is 30.0. The molecule has 0 N–H and O–H groups in total. The van der Waals surface area contributed by atoms with Crippen molar-refractivity contribution in [3.8, 4) is 0 Å². The van der Waals surface area contributed by atoms with Gasteiger partial charge in [-0.3, -0.25) is 0 Å². The summed E-state index contributed by atoms with van der Waals surface area (Å²) >= 11 is 2.42. The van der Waals surface area contributed by atoms with Crippen LogP contribution in [0.2, 0.25) is 0 Å². The SMILES string of the molecule is CCCCOCCOCCOCCOCCOCCOCCOCCOCCOCCOCCOCCOCCOCCCCCCI. The first-order chi connectivity index (χ1) is 23.9. The molecule has 0 unspecified atom stereocenters. The largest absolute Gasteiger partial charge is 0.379 e. The van der Waals surface area contributed by atoms with Crippen LogP contribution in [0.5, 0.6) is 0 Å². The zero-order valence-corrected chi connectivity index (χ0v) is 32.2. The number of rotatable bonds is 45. The van der Waals surface area contributed by atoms with Crippen LogP contribution in [-0.2, 0) is 61.6 Å². The van der Waals surface area contributed by atoms with Gasteiger partial charge >= 0.3 is 0 Å². The van der Waals surface area contributed by atoms with Crippen LogP contribution < -0.4 is 0 Å². The van der Waals surface area contributed by atoms with Crippen LogP contribution in [0, 0.1) is 0 Å². The Morgan fingerprint density at radius 2 is 0.417 bits per heavy atom. The normalized spacial score (nSPS) is 11.6. The topological polar surface area (TPSA) is 120 Å². The van der Waals surface area contributed by atoms with Gasteiger partial charge in [0, 0.05) is 13.2 Å². The molecule has 0 atom stereocenters. The Morgan fingerprint density at radius 1 is 0.229 bits per heavy atom. The highest BCUT2D eigenvalue weighted by atomic mass is 127. The summed E-state index contributed by atoms with van der Waals surface area (Å²) in [6, 6.07) is 0. The number of halogens is 1. The van der Waals surface area contributed by atoms with Gasteiger partial charge in [0.25, 0.3) is 0 Å². The summed E-state index contributed by atoms with van der Waals surface area (Å²) in [5.41, 5.74) is 0. The van der Waals surface area contributed by atoms with Crippen molar-refractivity contribution < 1.29 is 61.6 Å². The number of unbranched alkanes of at least 4 members (excludes halogenated alkanes) is 4. The Morgan fingerprint density at radius 3 is 0.625 bits per heavy atom. The van der Waals surface area contributed by atoms with Gasteiger partial charge in [0.1, 0.15) is 0 Å². The molecule has 13 nitrogen and oxygen atoms in total. The molecule has 0 amide bonds. The minimum atomic E-state index is 0.517. The number of ether oxygens (including phenoxy) is 13. The molecule has 0 bridgehead atoms. The van der Waals surface area contributed by atoms with Gasteiger partial charge in [-0.05, 0) is 23.7 Å². The van der Waals surface area contributed by atoms with E-state index in [0.717, 1.165) is 32.5 Å². The minimum Gasteiger partial charge on any atom is -0.379 e. The fraction of sp³-hybridized carbons (Fsp3) is 1.00. The summed E-state index contributed by atoms with van der Waals surface area (Å²) in [5.74, 6) is 0. The average Bonchev–Trinajstić information content (AvgIpc) is 3.10. The molecule has 0 saturated carbocycles. The fourth-order valence-electron chi connectivity index (χ4n) is 3.64. The van der Waals surface area contributed by atoms with Crippen molar-refractivity contribution >= 4 is 22.6 Å². The second kappa shape index (κ2) is 47.2. The van der Waals surface area contributed by atoms with Crippen LogP contribution in [0.3, 0.4) is 0 Å². The molecule has 48 heavy (non-hydrogen) atoms. The molecular formula is C34H69IO13. The van der Waals surface area contributed by atoms with Crippen molar-refractivity contribution in [3.05, 3.63) is 0 Å². The maximum atomic E-state index is 5.56. The first kappa shape index (κ1) is 48.2. The molecule has 0 aromatic rings. The quantitative estimate of drug-likeness (QED) is 0.0502. The average molecular weight is 813 g/mol. The molecule has 0 fully saturated rings. The lowest BCUT2D eigenvalue weighted by atomic mass is 10.2. The van der Waals surface area contributed by atoms with E-state index in [1.807, 2.05) is 0 Å². The number of alkyl halides is 1. The van der Waals surface area contributed by atoms with Gasteiger partial charge in [0.05, 0.1) is 159 Å². The number of hydrogen-bond donors (Lipinski definition) is 0. The maximum absolute atomic E-state index is 5.56. The summed E-state index contributed by atoms with van der Waals surface area (Å²) in [5, 5.41) is 0. The summed E-state index contributed by atoms with van der Waals surface area (Å²) in [6.07, 6.45) is 7.22. The predicted octanol–water partition coefficient (Wildman–Crippen LogP) is 4.00. The van der Waals surface area contributed by atoms with E-state index in [-0.39, 0.29) is 0 Å². The first-order valence-corrected chi connectivity index (χ1v) is 19.5. The molecule has 0 rings (SSSR count). The van der Waals surface area contributed by atoms with Crippen molar-refractivity contribution in [1.29, 1.82) is 0 Å². The standard InChI is InChI=1S/C34H69IO13/c1-2-3-9-36-11-13-38-15-17-40-19-21-42-23-25-44-27-29-46-31-33-48-34-32-47-30-28-45-26-24-43-22-20-41-18-16-39-14-12-37-10-7-5-4-6-8-35/h2-34H2,1H3. The van der Waals surface area contributed by atoms with Crippen LogP contribution in [0.1, 0.15) is 45.4 Å². The smallest absolute Gasteiger partial charge is 0.0701 e. The van der Waals surface area contributed by atoms with Gasteiger partial charge < -0.3 is 61.6 Å². The summed E-state index contributed by atoms with van der Waals surface area (Å²) < 4.78 is 72.6. The van der Waals surface area contributed by atoms with Gasteiger partial charge in [0.15, 0.2) is 0 Å². The van der Waals surface area contributed by atoms with E-state index in [4.69, 9.17) is 61.6 Å². The van der Waals surface area contributed by atoms with Crippen molar-refractivity contribution in [2.45, 2.75) is 45.4 Å². The molecule has 0 heterocycles. The lowest BCUT2D eigenvalue weighted by Gasteiger charge is -2.09. The highest BCUT2D eigenvalue weighted by Gasteiger charge is 1.97. The van der Waals surface area contributed by atoms with E-state index in [2.05, 4.69) is 29.5 Å². The van der Waals surface area contributed by atoms with E-state index >= 15 is 0 Å². The monoisotopic (exact) mass is 812 g/mol. The Kier molecular flexibility index (Phi) is 47.4. The van der Waals surface area contributed by atoms with Crippen molar-refractivity contribution in [2.75, 3.05) is 176 Å². The van der Waals surface area contributed by atoms with Gasteiger partial charge in [-0.2, -0.15) is 0 Å². The van der Waals surface area contributed by atoms with E-state index in [0.29, 0.717) is 159 Å². The van der Waals surface area contributed by atoms with E-state index in [1.165, 1.54) is 23.7 Å². The van der Waals surface area contributed by atoms with E-state index in [9.17, 15) is 0 Å². The van der Waals surface area contributed by atoms with Crippen LogP contribution >= 0.6 is 22.6 Å². The molecule has 0 radical (unpaired) electrons. The first-order valence-electron chi connectivity index (χ1n) is 18.0. The third-order valence-electron chi connectivity index (χ3n) is 6.28. The van der Waals surface area contributed by atoms with Crippen LogP contribution in [0.15, 0.2) is 0 Å². The van der Waals surface area contributed by atoms with Gasteiger partial charge in [0.2, 0.25) is 0 Å². The molecule has 290 valence electrons. The molecular weight excluding hydrogens is 743 g/mol. The van der Waals surface area contributed by atoms with Crippen molar-refractivity contribution in [3.63, 3.8) is 0 Å². The zero-order chi connectivity index (χ0) is 34.5. The Hall–Kier alpha value is 0.210. The summed E-state index contributed by atoms with van der Waals surface area (Å²) in [4.78, 5) is 0. The third kappa shape index (κ3) is 46.2. The lowest BCUT2D eigenvalue weighted by Crippen LogP contribution is -2.15. The summed E-state index contributed by atoms with van der Waals surface area (Å²) in [6.45, 7) is 16.9. The van der Waals surface area contributed by atoms with Gasteiger partial charge in [-0.15, -0.1) is 0 Å².